The van der Waals surface area contributed by atoms with Gasteiger partial charge in [-0.25, -0.2) is 0 Å². The summed E-state index contributed by atoms with van der Waals surface area (Å²) in [5.74, 6) is 0. The Morgan fingerprint density at radius 2 is 2.27 bits per heavy atom. The Hall–Kier alpha value is -1.89. The Morgan fingerprint density at radius 3 is 3.09 bits per heavy atom. The SMILES string of the molecule is N#Cc1cncc2cn[nH]c12. The molecule has 0 fully saturated rings. The number of aromatic nitrogens is 3. The van der Waals surface area contributed by atoms with Crippen LogP contribution in [0.1, 0.15) is 5.56 Å². The lowest BCUT2D eigenvalue weighted by Gasteiger charge is -1.87. The molecule has 11 heavy (non-hydrogen) atoms. The second-order valence-corrected chi connectivity index (χ2v) is 2.13. The van der Waals surface area contributed by atoms with Crippen LogP contribution in [0.15, 0.2) is 18.6 Å². The molecule has 0 saturated heterocycles. The highest BCUT2D eigenvalue weighted by Gasteiger charge is 2.00. The molecule has 0 amide bonds. The predicted molar refractivity (Wildman–Crippen MR) is 38.6 cm³/mol. The van der Waals surface area contributed by atoms with Gasteiger partial charge >= 0.3 is 0 Å². The zero-order chi connectivity index (χ0) is 7.68. The number of rotatable bonds is 0. The van der Waals surface area contributed by atoms with Crippen molar-refractivity contribution in [3.8, 4) is 6.07 Å². The fraction of sp³-hybridized carbons (Fsp3) is 0. The lowest BCUT2D eigenvalue weighted by Crippen LogP contribution is -1.79. The Morgan fingerprint density at radius 1 is 1.36 bits per heavy atom. The monoisotopic (exact) mass is 144 g/mol. The largest absolute Gasteiger partial charge is 0.276 e. The van der Waals surface area contributed by atoms with Gasteiger partial charge in [0.15, 0.2) is 0 Å². The minimum Gasteiger partial charge on any atom is -0.276 e. The molecule has 2 aromatic heterocycles. The Labute approximate surface area is 62.5 Å². The summed E-state index contributed by atoms with van der Waals surface area (Å²) in [6.07, 6.45) is 4.82. The molecule has 0 unspecified atom stereocenters. The number of hydrogen-bond donors (Lipinski definition) is 1. The maximum atomic E-state index is 8.62. The molecule has 52 valence electrons. The molecule has 0 spiro atoms. The van der Waals surface area contributed by atoms with Crippen molar-refractivity contribution in [3.63, 3.8) is 0 Å². The van der Waals surface area contributed by atoms with Crippen molar-refractivity contribution in [1.29, 1.82) is 5.26 Å². The Balaban J connectivity index is 2.92. The van der Waals surface area contributed by atoms with Gasteiger partial charge in [-0.05, 0) is 0 Å². The van der Waals surface area contributed by atoms with Crippen LogP contribution in [0.3, 0.4) is 0 Å². The van der Waals surface area contributed by atoms with E-state index in [0.29, 0.717) is 5.56 Å². The first-order chi connectivity index (χ1) is 5.42. The van der Waals surface area contributed by atoms with E-state index in [0.717, 1.165) is 10.9 Å². The van der Waals surface area contributed by atoms with E-state index < -0.39 is 0 Å². The van der Waals surface area contributed by atoms with Gasteiger partial charge in [0.05, 0.1) is 17.3 Å². The summed E-state index contributed by atoms with van der Waals surface area (Å²) >= 11 is 0. The van der Waals surface area contributed by atoms with E-state index in [1.807, 2.05) is 6.07 Å². The molecule has 4 heteroatoms. The van der Waals surface area contributed by atoms with Crippen LogP contribution in [0, 0.1) is 11.3 Å². The molecule has 2 rings (SSSR count). The maximum absolute atomic E-state index is 8.62. The van der Waals surface area contributed by atoms with Gasteiger partial charge in [-0.2, -0.15) is 10.4 Å². The van der Waals surface area contributed by atoms with Crippen molar-refractivity contribution in [3.05, 3.63) is 24.2 Å². The third kappa shape index (κ3) is 0.749. The van der Waals surface area contributed by atoms with Crippen molar-refractivity contribution in [2.45, 2.75) is 0 Å². The number of nitrogens with one attached hydrogen (secondary N) is 1. The van der Waals surface area contributed by atoms with Crippen LogP contribution in [0.4, 0.5) is 0 Å². The molecule has 0 bridgehead atoms. The molecule has 0 aliphatic rings. The van der Waals surface area contributed by atoms with E-state index >= 15 is 0 Å². The average Bonchev–Trinajstić information content (AvgIpc) is 2.50. The first-order valence-electron chi connectivity index (χ1n) is 3.09. The molecule has 0 aliphatic carbocycles. The summed E-state index contributed by atoms with van der Waals surface area (Å²) in [5, 5.41) is 16.0. The maximum Gasteiger partial charge on any atom is 0.103 e. The van der Waals surface area contributed by atoms with E-state index in [4.69, 9.17) is 5.26 Å². The highest BCUT2D eigenvalue weighted by molar-refractivity contribution is 5.82. The highest BCUT2D eigenvalue weighted by atomic mass is 15.1. The number of pyridine rings is 1. The van der Waals surface area contributed by atoms with Crippen molar-refractivity contribution in [2.24, 2.45) is 0 Å². The lowest BCUT2D eigenvalue weighted by molar-refractivity contribution is 1.12. The molecule has 0 saturated carbocycles. The zero-order valence-electron chi connectivity index (χ0n) is 5.57. The fourth-order valence-electron chi connectivity index (χ4n) is 0.951. The van der Waals surface area contributed by atoms with Gasteiger partial charge in [-0.15, -0.1) is 0 Å². The average molecular weight is 144 g/mol. The summed E-state index contributed by atoms with van der Waals surface area (Å²) in [4.78, 5) is 3.87. The van der Waals surface area contributed by atoms with Crippen molar-refractivity contribution in [2.75, 3.05) is 0 Å². The standard InChI is InChI=1S/C7H4N4/c8-1-5-2-9-3-6-4-10-11-7(5)6/h2-4H,(H,10,11). The molecule has 0 aliphatic heterocycles. The number of hydrogen-bond acceptors (Lipinski definition) is 3. The van der Waals surface area contributed by atoms with Gasteiger partial charge in [-0.1, -0.05) is 0 Å². The van der Waals surface area contributed by atoms with Crippen molar-refractivity contribution in [1.82, 2.24) is 15.2 Å². The van der Waals surface area contributed by atoms with Crippen LogP contribution < -0.4 is 0 Å². The summed E-state index contributed by atoms with van der Waals surface area (Å²) in [6, 6.07) is 2.02. The highest BCUT2D eigenvalue weighted by Crippen LogP contribution is 2.11. The zero-order valence-corrected chi connectivity index (χ0v) is 5.57. The third-order valence-corrected chi connectivity index (χ3v) is 1.48. The number of nitriles is 1. The molecule has 2 heterocycles. The summed E-state index contributed by atoms with van der Waals surface area (Å²) in [6.45, 7) is 0. The minimum absolute atomic E-state index is 0.528. The Bertz CT molecular complexity index is 423. The number of aromatic amines is 1. The van der Waals surface area contributed by atoms with Crippen molar-refractivity contribution < 1.29 is 0 Å². The lowest BCUT2D eigenvalue weighted by atomic mass is 10.2. The van der Waals surface area contributed by atoms with E-state index in [9.17, 15) is 0 Å². The number of H-pyrrole nitrogens is 1. The summed E-state index contributed by atoms with van der Waals surface area (Å²) in [7, 11) is 0. The van der Waals surface area contributed by atoms with E-state index in [1.165, 1.54) is 6.20 Å². The van der Waals surface area contributed by atoms with Crippen LogP contribution in [0.2, 0.25) is 0 Å². The number of fused-ring (bicyclic) bond motifs is 1. The molecule has 2 aromatic rings. The van der Waals surface area contributed by atoms with E-state index in [2.05, 4.69) is 15.2 Å². The van der Waals surface area contributed by atoms with Gasteiger partial charge in [0, 0.05) is 17.8 Å². The van der Waals surface area contributed by atoms with Gasteiger partial charge in [0.2, 0.25) is 0 Å². The van der Waals surface area contributed by atoms with Crippen LogP contribution >= 0.6 is 0 Å². The third-order valence-electron chi connectivity index (χ3n) is 1.48. The molecular formula is C7H4N4. The van der Waals surface area contributed by atoms with Gasteiger partial charge in [-0.3, -0.25) is 10.1 Å². The van der Waals surface area contributed by atoms with Gasteiger partial charge in [0.1, 0.15) is 6.07 Å². The van der Waals surface area contributed by atoms with Crippen molar-refractivity contribution >= 4 is 10.9 Å². The number of nitrogens with zero attached hydrogens (tertiary/aromatic N) is 3. The molecule has 4 nitrogen and oxygen atoms in total. The molecule has 0 radical (unpaired) electrons. The van der Waals surface area contributed by atoms with Gasteiger partial charge < -0.3 is 0 Å². The first kappa shape index (κ1) is 5.86. The van der Waals surface area contributed by atoms with Crippen LogP contribution in [0.5, 0.6) is 0 Å². The van der Waals surface area contributed by atoms with E-state index in [-0.39, 0.29) is 0 Å². The van der Waals surface area contributed by atoms with Crippen LogP contribution in [-0.2, 0) is 0 Å². The van der Waals surface area contributed by atoms with Crippen LogP contribution in [-0.4, -0.2) is 15.2 Å². The van der Waals surface area contributed by atoms with Gasteiger partial charge in [0.25, 0.3) is 0 Å². The van der Waals surface area contributed by atoms with E-state index in [1.54, 1.807) is 12.4 Å². The minimum atomic E-state index is 0.528. The first-order valence-corrected chi connectivity index (χ1v) is 3.09. The molecule has 0 aromatic carbocycles. The second kappa shape index (κ2) is 2.06. The normalized spacial score (nSPS) is 9.73. The fourth-order valence-corrected chi connectivity index (χ4v) is 0.951. The smallest absolute Gasteiger partial charge is 0.103 e. The predicted octanol–water partition coefficient (Wildman–Crippen LogP) is 0.830. The molecule has 0 atom stereocenters. The second-order valence-electron chi connectivity index (χ2n) is 2.13. The molecular weight excluding hydrogens is 140 g/mol. The molecule has 1 N–H and O–H groups in total. The topological polar surface area (TPSA) is 65.4 Å². The quantitative estimate of drug-likeness (QED) is 0.595. The Kier molecular flexibility index (Phi) is 1.10. The summed E-state index contributed by atoms with van der Waals surface area (Å²) < 4.78 is 0. The summed E-state index contributed by atoms with van der Waals surface area (Å²) in [5.41, 5.74) is 1.28. The van der Waals surface area contributed by atoms with Crippen LogP contribution in [0.25, 0.3) is 10.9 Å².